The Morgan fingerprint density at radius 1 is 0.860 bits per heavy atom. The van der Waals surface area contributed by atoms with E-state index >= 15 is 0 Å². The zero-order valence-corrected chi connectivity index (χ0v) is 24.9. The zero-order chi connectivity index (χ0) is 30.7. The van der Waals surface area contributed by atoms with E-state index in [0.29, 0.717) is 59.8 Å². The molecule has 5 rings (SSSR count). The lowest BCUT2D eigenvalue weighted by atomic mass is 9.74. The van der Waals surface area contributed by atoms with Crippen LogP contribution in [0.2, 0.25) is 0 Å². The standard InChI is InChI=1S/C31H36F3N5O4/c1-19-6-9-22(31(32,33)34)14-25(19)28-36-37-30-29(35-12-13-39(28)30)38(17-20-7-10-23(40-2)15-26(20)42-4)18-21-8-11-24(41-3)16-27(21)43-5/h7-8,10-13,15-16,19,22,25H,6,9,14,17-18H2,1-5H3/t19-,22+,25+/m0/s1. The van der Waals surface area contributed by atoms with Crippen molar-refractivity contribution < 1.29 is 32.1 Å². The van der Waals surface area contributed by atoms with E-state index in [9.17, 15) is 13.2 Å². The number of hydrogen-bond donors (Lipinski definition) is 0. The molecule has 1 aliphatic rings. The summed E-state index contributed by atoms with van der Waals surface area (Å²) in [6.45, 7) is 2.72. The second-order valence-electron chi connectivity index (χ2n) is 10.8. The van der Waals surface area contributed by atoms with E-state index in [0.717, 1.165) is 11.1 Å². The second-order valence-corrected chi connectivity index (χ2v) is 10.8. The van der Waals surface area contributed by atoms with Crippen LogP contribution in [0, 0.1) is 11.8 Å². The maximum absolute atomic E-state index is 13.7. The largest absolute Gasteiger partial charge is 0.497 e. The number of ether oxygens (including phenoxy) is 4. The number of anilines is 1. The molecule has 1 fully saturated rings. The van der Waals surface area contributed by atoms with Gasteiger partial charge in [-0.25, -0.2) is 4.98 Å². The summed E-state index contributed by atoms with van der Waals surface area (Å²) in [5, 5.41) is 8.94. The molecule has 0 N–H and O–H groups in total. The van der Waals surface area contributed by atoms with Gasteiger partial charge in [-0.05, 0) is 49.4 Å². The van der Waals surface area contributed by atoms with Gasteiger partial charge in [-0.15, -0.1) is 10.2 Å². The average molecular weight is 600 g/mol. The van der Waals surface area contributed by atoms with Gasteiger partial charge in [0.2, 0.25) is 5.65 Å². The maximum atomic E-state index is 13.7. The van der Waals surface area contributed by atoms with Gasteiger partial charge < -0.3 is 23.8 Å². The average Bonchev–Trinajstić information content (AvgIpc) is 3.44. The van der Waals surface area contributed by atoms with Crippen molar-refractivity contribution in [3.05, 3.63) is 65.7 Å². The molecule has 0 saturated heterocycles. The zero-order valence-electron chi connectivity index (χ0n) is 24.9. The van der Waals surface area contributed by atoms with Gasteiger partial charge in [0.15, 0.2) is 5.82 Å². The van der Waals surface area contributed by atoms with Crippen LogP contribution in [0.1, 0.15) is 49.1 Å². The van der Waals surface area contributed by atoms with Gasteiger partial charge in [0.05, 0.1) is 34.4 Å². The van der Waals surface area contributed by atoms with Gasteiger partial charge in [-0.2, -0.15) is 13.2 Å². The first-order valence-electron chi connectivity index (χ1n) is 14.1. The fraction of sp³-hybridized carbons (Fsp3) is 0.452. The minimum atomic E-state index is -4.24. The third kappa shape index (κ3) is 6.28. The fourth-order valence-electron chi connectivity index (χ4n) is 5.87. The summed E-state index contributed by atoms with van der Waals surface area (Å²) in [7, 11) is 6.37. The minimum absolute atomic E-state index is 0.0150. The van der Waals surface area contributed by atoms with Gasteiger partial charge >= 0.3 is 6.18 Å². The second kappa shape index (κ2) is 12.6. The molecular weight excluding hydrogens is 563 g/mol. The third-order valence-corrected chi connectivity index (χ3v) is 8.34. The van der Waals surface area contributed by atoms with Crippen LogP contribution in [0.25, 0.3) is 5.65 Å². The lowest BCUT2D eigenvalue weighted by molar-refractivity contribution is -0.185. The van der Waals surface area contributed by atoms with Crippen molar-refractivity contribution in [1.29, 1.82) is 0 Å². The monoisotopic (exact) mass is 599 g/mol. The van der Waals surface area contributed by atoms with Crippen molar-refractivity contribution in [2.24, 2.45) is 11.8 Å². The Kier molecular flexibility index (Phi) is 8.84. The van der Waals surface area contributed by atoms with Crippen molar-refractivity contribution in [1.82, 2.24) is 19.6 Å². The van der Waals surface area contributed by atoms with Crippen molar-refractivity contribution in [3.8, 4) is 23.0 Å². The van der Waals surface area contributed by atoms with E-state index < -0.39 is 12.1 Å². The Labute approximate surface area is 248 Å². The van der Waals surface area contributed by atoms with Crippen molar-refractivity contribution in [2.45, 2.75) is 51.4 Å². The van der Waals surface area contributed by atoms with Crippen LogP contribution in [0.4, 0.5) is 19.0 Å². The van der Waals surface area contributed by atoms with Crippen LogP contribution < -0.4 is 23.8 Å². The molecule has 12 heteroatoms. The quantitative estimate of drug-likeness (QED) is 0.206. The molecule has 1 aliphatic carbocycles. The molecule has 3 atom stereocenters. The van der Waals surface area contributed by atoms with Crippen molar-refractivity contribution >= 4 is 11.5 Å². The van der Waals surface area contributed by atoms with E-state index in [-0.39, 0.29) is 24.7 Å². The Morgan fingerprint density at radius 3 is 2.00 bits per heavy atom. The molecule has 0 spiro atoms. The van der Waals surface area contributed by atoms with Gasteiger partial charge in [0, 0.05) is 54.7 Å². The molecule has 1 saturated carbocycles. The molecule has 2 aromatic heterocycles. The summed E-state index contributed by atoms with van der Waals surface area (Å²) in [6, 6.07) is 11.2. The number of aromatic nitrogens is 4. The molecule has 43 heavy (non-hydrogen) atoms. The smallest absolute Gasteiger partial charge is 0.391 e. The normalized spacial score (nSPS) is 18.8. The summed E-state index contributed by atoms with van der Waals surface area (Å²) in [5.41, 5.74) is 2.19. The number of methoxy groups -OCH3 is 4. The predicted octanol–water partition coefficient (Wildman–Crippen LogP) is 6.45. The SMILES string of the molecule is COc1ccc(CN(Cc2ccc(OC)cc2OC)c2nccn3c([C@@H]4C[C@H](C(F)(F)F)CC[C@@H]4C)nnc23)c(OC)c1. The van der Waals surface area contributed by atoms with E-state index in [1.54, 1.807) is 45.2 Å². The van der Waals surface area contributed by atoms with Crippen LogP contribution in [0.15, 0.2) is 48.8 Å². The maximum Gasteiger partial charge on any atom is 0.391 e. The molecule has 2 aromatic carbocycles. The van der Waals surface area contributed by atoms with Crippen LogP contribution in [-0.4, -0.2) is 54.2 Å². The number of fused-ring (bicyclic) bond motifs is 1. The predicted molar refractivity (Wildman–Crippen MR) is 155 cm³/mol. The lowest BCUT2D eigenvalue weighted by Gasteiger charge is -2.34. The van der Waals surface area contributed by atoms with E-state index in [1.807, 2.05) is 48.2 Å². The Morgan fingerprint density at radius 2 is 1.47 bits per heavy atom. The molecular formula is C31H36F3N5O4. The van der Waals surface area contributed by atoms with Crippen LogP contribution in [0.5, 0.6) is 23.0 Å². The van der Waals surface area contributed by atoms with Gasteiger partial charge in [0.1, 0.15) is 28.8 Å². The van der Waals surface area contributed by atoms with Crippen molar-refractivity contribution in [3.63, 3.8) is 0 Å². The van der Waals surface area contributed by atoms with E-state index in [2.05, 4.69) is 10.2 Å². The number of nitrogens with zero attached hydrogens (tertiary/aromatic N) is 5. The number of hydrogen-bond acceptors (Lipinski definition) is 8. The first-order valence-corrected chi connectivity index (χ1v) is 14.1. The Balaban J connectivity index is 1.58. The highest BCUT2D eigenvalue weighted by molar-refractivity contribution is 5.65. The van der Waals surface area contributed by atoms with E-state index in [4.69, 9.17) is 23.9 Å². The highest BCUT2D eigenvalue weighted by Crippen LogP contribution is 2.46. The molecule has 2 heterocycles. The van der Waals surface area contributed by atoms with E-state index in [1.165, 1.54) is 0 Å². The first-order chi connectivity index (χ1) is 20.7. The molecule has 0 unspecified atom stereocenters. The summed E-state index contributed by atoms with van der Waals surface area (Å²) in [4.78, 5) is 6.72. The van der Waals surface area contributed by atoms with Crippen molar-refractivity contribution in [2.75, 3.05) is 33.3 Å². The molecule has 0 amide bonds. The summed E-state index contributed by atoms with van der Waals surface area (Å²) in [5.74, 6) is 1.91. The molecule has 0 aliphatic heterocycles. The number of alkyl halides is 3. The highest BCUT2D eigenvalue weighted by atomic mass is 19.4. The molecule has 0 radical (unpaired) electrons. The topological polar surface area (TPSA) is 83.2 Å². The minimum Gasteiger partial charge on any atom is -0.497 e. The summed E-state index contributed by atoms with van der Waals surface area (Å²) < 4.78 is 65.0. The highest BCUT2D eigenvalue weighted by Gasteiger charge is 2.45. The number of halogens is 3. The molecule has 9 nitrogen and oxygen atoms in total. The summed E-state index contributed by atoms with van der Waals surface area (Å²) in [6.07, 6.45) is -0.296. The van der Waals surface area contributed by atoms with Gasteiger partial charge in [-0.1, -0.05) is 6.92 Å². The molecule has 4 aromatic rings. The Hall–Kier alpha value is -4.22. The third-order valence-electron chi connectivity index (χ3n) is 8.34. The first kappa shape index (κ1) is 30.2. The Bertz CT molecular complexity index is 1500. The van der Waals surface area contributed by atoms with Gasteiger partial charge in [0.25, 0.3) is 0 Å². The van der Waals surface area contributed by atoms with Gasteiger partial charge in [-0.3, -0.25) is 4.40 Å². The lowest BCUT2D eigenvalue weighted by Crippen LogP contribution is -2.32. The molecule has 230 valence electrons. The van der Waals surface area contributed by atoms with Crippen LogP contribution in [0.3, 0.4) is 0 Å². The van der Waals surface area contributed by atoms with Crippen LogP contribution in [-0.2, 0) is 13.1 Å². The fourth-order valence-corrected chi connectivity index (χ4v) is 5.87. The number of benzene rings is 2. The van der Waals surface area contributed by atoms with Crippen LogP contribution >= 0.6 is 0 Å². The summed E-state index contributed by atoms with van der Waals surface area (Å²) >= 11 is 0. The number of rotatable bonds is 10. The molecule has 0 bridgehead atoms.